The summed E-state index contributed by atoms with van der Waals surface area (Å²) in [7, 11) is 1.73. The topological polar surface area (TPSA) is 47.6 Å². The Morgan fingerprint density at radius 3 is 3.28 bits per heavy atom. The Morgan fingerprint density at radius 2 is 2.44 bits per heavy atom. The molecule has 3 rings (SSSR count). The molecule has 0 unspecified atom stereocenters. The summed E-state index contributed by atoms with van der Waals surface area (Å²) >= 11 is 0. The van der Waals surface area contributed by atoms with Crippen LogP contribution in [0, 0.1) is 5.92 Å². The molecule has 3 aliphatic rings. The molecule has 4 heteroatoms. The van der Waals surface area contributed by atoms with Crippen LogP contribution < -0.4 is 5.32 Å². The maximum atomic E-state index is 11.5. The van der Waals surface area contributed by atoms with Crippen molar-refractivity contribution in [3.8, 4) is 0 Å². The first-order valence-electron chi connectivity index (χ1n) is 6.57. The van der Waals surface area contributed by atoms with E-state index in [4.69, 9.17) is 9.47 Å². The largest absolute Gasteiger partial charge is 0.462 e. The molecule has 0 radical (unpaired) electrons. The van der Waals surface area contributed by atoms with Gasteiger partial charge in [0.2, 0.25) is 0 Å². The highest BCUT2D eigenvalue weighted by molar-refractivity contribution is 5.84. The Bertz CT molecular complexity index is 415. The Labute approximate surface area is 107 Å². The van der Waals surface area contributed by atoms with Crippen LogP contribution >= 0.6 is 0 Å². The fraction of sp³-hybridized carbons (Fsp3) is 0.643. The zero-order valence-corrected chi connectivity index (χ0v) is 10.6. The predicted octanol–water partition coefficient (Wildman–Crippen LogP) is 1.18. The van der Waals surface area contributed by atoms with Gasteiger partial charge in [-0.05, 0) is 31.4 Å². The molecule has 0 aromatic carbocycles. The zero-order chi connectivity index (χ0) is 12.6. The van der Waals surface area contributed by atoms with Crippen LogP contribution in [-0.4, -0.2) is 37.9 Å². The molecule has 2 heterocycles. The molecule has 0 saturated carbocycles. The van der Waals surface area contributed by atoms with Gasteiger partial charge in [0, 0.05) is 24.6 Å². The van der Waals surface area contributed by atoms with E-state index in [1.165, 1.54) is 5.57 Å². The summed E-state index contributed by atoms with van der Waals surface area (Å²) < 4.78 is 10.6. The van der Waals surface area contributed by atoms with Gasteiger partial charge in [-0.2, -0.15) is 0 Å². The summed E-state index contributed by atoms with van der Waals surface area (Å²) in [6.45, 7) is 1.51. The molecule has 3 atom stereocenters. The van der Waals surface area contributed by atoms with Crippen molar-refractivity contribution in [1.29, 1.82) is 0 Å². The van der Waals surface area contributed by atoms with E-state index in [2.05, 4.69) is 17.5 Å². The molecular formula is C14H19NO3. The van der Waals surface area contributed by atoms with Crippen molar-refractivity contribution in [2.75, 3.05) is 20.3 Å². The fourth-order valence-corrected chi connectivity index (χ4v) is 3.37. The monoisotopic (exact) mass is 249 g/mol. The third kappa shape index (κ3) is 1.89. The van der Waals surface area contributed by atoms with Gasteiger partial charge in [0.15, 0.2) is 0 Å². The number of carbonyl (C=O) groups excluding carboxylic acids is 1. The summed E-state index contributed by atoms with van der Waals surface area (Å²) in [6, 6.07) is 0. The maximum absolute atomic E-state index is 11.5. The van der Waals surface area contributed by atoms with Gasteiger partial charge in [0.1, 0.15) is 0 Å². The number of cyclic esters (lactones) is 1. The number of methoxy groups -OCH3 is 1. The lowest BCUT2D eigenvalue weighted by Gasteiger charge is -2.47. The van der Waals surface area contributed by atoms with Crippen LogP contribution in [-0.2, 0) is 14.3 Å². The number of fused-ring (bicyclic) bond motifs is 2. The van der Waals surface area contributed by atoms with E-state index in [9.17, 15) is 4.79 Å². The van der Waals surface area contributed by atoms with Gasteiger partial charge in [-0.25, -0.2) is 4.79 Å². The number of piperidine rings is 1. The van der Waals surface area contributed by atoms with Crippen LogP contribution in [0.15, 0.2) is 23.8 Å². The highest BCUT2D eigenvalue weighted by Gasteiger charge is 2.44. The normalized spacial score (nSPS) is 39.2. The minimum Gasteiger partial charge on any atom is -0.462 e. The Kier molecular flexibility index (Phi) is 2.99. The molecule has 4 nitrogen and oxygen atoms in total. The lowest BCUT2D eigenvalue weighted by Crippen LogP contribution is -2.57. The molecule has 98 valence electrons. The smallest absolute Gasteiger partial charge is 0.330 e. The number of ether oxygens (including phenoxy) is 2. The molecule has 0 bridgehead atoms. The van der Waals surface area contributed by atoms with Crippen molar-refractivity contribution in [3.63, 3.8) is 0 Å². The predicted molar refractivity (Wildman–Crippen MR) is 67.1 cm³/mol. The minimum atomic E-state index is -0.201. The number of rotatable bonds is 1. The Hall–Kier alpha value is -1.13. The van der Waals surface area contributed by atoms with Crippen LogP contribution in [0.4, 0.5) is 0 Å². The van der Waals surface area contributed by atoms with Crippen LogP contribution in [0.25, 0.3) is 0 Å². The second kappa shape index (κ2) is 4.52. The number of hydrogen-bond acceptors (Lipinski definition) is 4. The van der Waals surface area contributed by atoms with Crippen molar-refractivity contribution in [2.24, 2.45) is 5.92 Å². The molecule has 0 aromatic heterocycles. The molecule has 1 spiro atoms. The third-order valence-electron chi connectivity index (χ3n) is 4.32. The van der Waals surface area contributed by atoms with E-state index in [0.29, 0.717) is 12.5 Å². The zero-order valence-electron chi connectivity index (χ0n) is 10.6. The molecule has 1 N–H and O–H groups in total. The van der Waals surface area contributed by atoms with E-state index >= 15 is 0 Å². The summed E-state index contributed by atoms with van der Waals surface area (Å²) in [6.07, 6.45) is 8.97. The number of esters is 1. The van der Waals surface area contributed by atoms with E-state index in [1.54, 1.807) is 13.2 Å². The summed E-state index contributed by atoms with van der Waals surface area (Å²) in [5.74, 6) is 0.181. The molecule has 1 aliphatic carbocycles. The first-order chi connectivity index (χ1) is 8.73. The van der Waals surface area contributed by atoms with Gasteiger partial charge < -0.3 is 14.8 Å². The van der Waals surface area contributed by atoms with Gasteiger partial charge in [-0.3, -0.25) is 0 Å². The van der Waals surface area contributed by atoms with Crippen molar-refractivity contribution in [1.82, 2.24) is 5.32 Å². The summed E-state index contributed by atoms with van der Waals surface area (Å²) in [4.78, 5) is 11.5. The van der Waals surface area contributed by atoms with Crippen LogP contribution in [0.1, 0.15) is 19.3 Å². The minimum absolute atomic E-state index is 0.0994. The molecule has 0 amide bonds. The molecule has 1 fully saturated rings. The second-order valence-electron chi connectivity index (χ2n) is 5.33. The van der Waals surface area contributed by atoms with E-state index < -0.39 is 0 Å². The third-order valence-corrected chi connectivity index (χ3v) is 4.32. The number of carbonyl (C=O) groups is 1. The van der Waals surface area contributed by atoms with Crippen LogP contribution in [0.2, 0.25) is 0 Å². The van der Waals surface area contributed by atoms with E-state index in [1.807, 2.05) is 0 Å². The summed E-state index contributed by atoms with van der Waals surface area (Å²) in [5, 5.41) is 3.61. The van der Waals surface area contributed by atoms with E-state index in [-0.39, 0.29) is 17.6 Å². The molecule has 18 heavy (non-hydrogen) atoms. The first kappa shape index (κ1) is 11.9. The van der Waals surface area contributed by atoms with Gasteiger partial charge >= 0.3 is 5.97 Å². The Balaban J connectivity index is 1.94. The van der Waals surface area contributed by atoms with Crippen LogP contribution in [0.3, 0.4) is 0 Å². The quantitative estimate of drug-likeness (QED) is 0.560. The van der Waals surface area contributed by atoms with Gasteiger partial charge in [-0.1, -0.05) is 12.2 Å². The second-order valence-corrected chi connectivity index (χ2v) is 5.33. The average molecular weight is 249 g/mol. The lowest BCUT2D eigenvalue weighted by atomic mass is 9.69. The average Bonchev–Trinajstić information content (AvgIpc) is 2.40. The first-order valence-corrected chi connectivity index (χ1v) is 6.57. The van der Waals surface area contributed by atoms with Crippen molar-refractivity contribution in [2.45, 2.75) is 30.9 Å². The maximum Gasteiger partial charge on any atom is 0.330 e. The highest BCUT2D eigenvalue weighted by atomic mass is 16.5. The van der Waals surface area contributed by atoms with Crippen molar-refractivity contribution in [3.05, 3.63) is 23.8 Å². The molecular weight excluding hydrogens is 230 g/mol. The van der Waals surface area contributed by atoms with E-state index in [0.717, 1.165) is 25.8 Å². The van der Waals surface area contributed by atoms with Crippen LogP contribution in [0.5, 0.6) is 0 Å². The van der Waals surface area contributed by atoms with Crippen molar-refractivity contribution < 1.29 is 14.3 Å². The fourth-order valence-electron chi connectivity index (χ4n) is 3.37. The van der Waals surface area contributed by atoms with Gasteiger partial charge in [-0.15, -0.1) is 0 Å². The molecule has 0 aromatic rings. The SMILES string of the molecule is CO[C@H]1C=CC[C@]2(C1)NCC[C@@H]1COC(=O)C=C12. The summed E-state index contributed by atoms with van der Waals surface area (Å²) in [5.41, 5.74) is 1.12. The lowest BCUT2D eigenvalue weighted by molar-refractivity contribution is -0.140. The van der Waals surface area contributed by atoms with Gasteiger partial charge in [0.05, 0.1) is 12.7 Å². The molecule has 2 aliphatic heterocycles. The molecule has 1 saturated heterocycles. The Morgan fingerprint density at radius 1 is 1.56 bits per heavy atom. The highest BCUT2D eigenvalue weighted by Crippen LogP contribution is 2.41. The standard InChI is InChI=1S/C14H19NO3/c1-17-11-3-2-5-14(8-11)12-7-13(16)18-9-10(12)4-6-15-14/h2-3,7,10-11,15H,4-6,8-9H2,1H3/t10-,11+,14-/m1/s1. The van der Waals surface area contributed by atoms with Crippen molar-refractivity contribution >= 4 is 5.97 Å². The van der Waals surface area contributed by atoms with Gasteiger partial charge in [0.25, 0.3) is 0 Å². The number of nitrogens with one attached hydrogen (secondary N) is 1. The number of hydrogen-bond donors (Lipinski definition) is 1.